The lowest BCUT2D eigenvalue weighted by Crippen LogP contribution is -2.38. The van der Waals surface area contributed by atoms with E-state index < -0.39 is 17.1 Å². The van der Waals surface area contributed by atoms with Gasteiger partial charge in [-0.05, 0) is 25.1 Å². The van der Waals surface area contributed by atoms with Gasteiger partial charge < -0.3 is 4.74 Å². The van der Waals surface area contributed by atoms with Crippen molar-refractivity contribution in [3.05, 3.63) is 68.0 Å². The number of pyridine rings is 1. The predicted molar refractivity (Wildman–Crippen MR) is 136 cm³/mol. The topological polar surface area (TPSA) is 108 Å². The zero-order valence-corrected chi connectivity index (χ0v) is 20.9. The zero-order valence-electron chi connectivity index (χ0n) is 19.4. The molecule has 9 nitrogen and oxygen atoms in total. The van der Waals surface area contributed by atoms with Crippen LogP contribution in [0.5, 0.6) is 5.75 Å². The number of nitriles is 1. The Morgan fingerprint density at radius 1 is 1.22 bits per heavy atom. The largest absolute Gasteiger partial charge is 0.494 e. The van der Waals surface area contributed by atoms with Gasteiger partial charge in [0.1, 0.15) is 4.70 Å². The summed E-state index contributed by atoms with van der Waals surface area (Å²) in [5.41, 5.74) is 1.27. The van der Waals surface area contributed by atoms with Gasteiger partial charge in [0.25, 0.3) is 5.56 Å². The van der Waals surface area contributed by atoms with Crippen LogP contribution in [0.2, 0.25) is 5.02 Å². The number of thiophene rings is 1. The summed E-state index contributed by atoms with van der Waals surface area (Å²) < 4.78 is 23.6. The second-order valence-electron chi connectivity index (χ2n) is 8.04. The summed E-state index contributed by atoms with van der Waals surface area (Å²) in [5.74, 6) is -0.621. The van der Waals surface area contributed by atoms with Crippen LogP contribution < -0.4 is 16.0 Å². The summed E-state index contributed by atoms with van der Waals surface area (Å²) in [6.45, 7) is 1.86. The second-order valence-corrected chi connectivity index (χ2v) is 9.50. The number of fused-ring (bicyclic) bond motifs is 2. The fourth-order valence-electron chi connectivity index (χ4n) is 4.30. The number of methoxy groups -OCH3 is 1. The van der Waals surface area contributed by atoms with Gasteiger partial charge in [-0.25, -0.2) is 13.8 Å². The third-order valence-electron chi connectivity index (χ3n) is 5.93. The van der Waals surface area contributed by atoms with Crippen molar-refractivity contribution >= 4 is 44.1 Å². The molecular formula is C24H18ClFN6O3S. The van der Waals surface area contributed by atoms with Gasteiger partial charge in [0.2, 0.25) is 0 Å². The number of aromatic nitrogens is 5. The van der Waals surface area contributed by atoms with Crippen LogP contribution >= 0.6 is 22.9 Å². The first-order chi connectivity index (χ1) is 17.3. The van der Waals surface area contributed by atoms with E-state index in [0.29, 0.717) is 38.2 Å². The number of benzene rings is 1. The lowest BCUT2D eigenvalue weighted by molar-refractivity contribution is 0.387. The van der Waals surface area contributed by atoms with Crippen LogP contribution in [-0.2, 0) is 13.6 Å². The van der Waals surface area contributed by atoms with Gasteiger partial charge in [-0.1, -0.05) is 11.6 Å². The molecule has 0 aliphatic heterocycles. The van der Waals surface area contributed by atoms with Crippen molar-refractivity contribution in [2.75, 3.05) is 7.11 Å². The van der Waals surface area contributed by atoms with Crippen LogP contribution in [0.25, 0.3) is 37.2 Å². The van der Waals surface area contributed by atoms with Crippen molar-refractivity contribution in [2.24, 2.45) is 7.05 Å². The molecule has 0 aliphatic rings. The molecule has 12 heteroatoms. The van der Waals surface area contributed by atoms with Gasteiger partial charge in [-0.2, -0.15) is 10.4 Å². The molecular weight excluding hydrogens is 507 g/mol. The molecule has 0 aliphatic carbocycles. The quantitative estimate of drug-likeness (QED) is 0.341. The van der Waals surface area contributed by atoms with Gasteiger partial charge in [0, 0.05) is 24.0 Å². The van der Waals surface area contributed by atoms with E-state index in [2.05, 4.69) is 10.1 Å². The van der Waals surface area contributed by atoms with Gasteiger partial charge in [-0.3, -0.25) is 19.0 Å². The molecule has 0 saturated heterocycles. The Kier molecular flexibility index (Phi) is 5.86. The normalized spacial score (nSPS) is 11.3. The molecule has 0 unspecified atom stereocenters. The van der Waals surface area contributed by atoms with Gasteiger partial charge in [-0.15, -0.1) is 11.3 Å². The third kappa shape index (κ3) is 3.57. The Balaban J connectivity index is 1.86. The number of hydrogen-bond donors (Lipinski definition) is 0. The van der Waals surface area contributed by atoms with E-state index >= 15 is 0 Å². The van der Waals surface area contributed by atoms with Gasteiger partial charge in [0.15, 0.2) is 11.6 Å². The first-order valence-corrected chi connectivity index (χ1v) is 11.9. The number of aryl methyl sites for hydroxylation is 3. The SMILES string of the molecule is COc1cc(-c2cc3c(s2)c(=O)n(-c2cncc4c2c(C)nn4C)c(=O)n3CCC#N)c(Cl)cc1F. The standard InChI is InChI=1S/C24H18ClFN6O3S/c1-12-21-17(30(2)29-12)10-28-11-18(21)32-23(33)22-16(31(24(32)34)6-4-5-27)9-20(36-22)13-7-19(35-3)15(26)8-14(13)25/h7-11H,4,6H2,1-3H3. The van der Waals surface area contributed by atoms with Crippen molar-refractivity contribution in [1.29, 1.82) is 5.26 Å². The first-order valence-electron chi connectivity index (χ1n) is 10.7. The fourth-order valence-corrected chi connectivity index (χ4v) is 5.73. The molecule has 0 bridgehead atoms. The molecule has 0 atom stereocenters. The Bertz CT molecular complexity index is 1850. The maximum absolute atomic E-state index is 14.1. The third-order valence-corrected chi connectivity index (χ3v) is 7.39. The number of rotatable bonds is 5. The van der Waals surface area contributed by atoms with Crippen LogP contribution in [-0.4, -0.2) is 31.0 Å². The number of nitrogens with zero attached hydrogens (tertiary/aromatic N) is 6. The molecule has 1 aromatic carbocycles. The van der Waals surface area contributed by atoms with E-state index in [4.69, 9.17) is 16.3 Å². The Morgan fingerprint density at radius 2 is 2.00 bits per heavy atom. The summed E-state index contributed by atoms with van der Waals surface area (Å²) in [6.07, 6.45) is 3.12. The van der Waals surface area contributed by atoms with E-state index in [1.165, 1.54) is 23.9 Å². The highest BCUT2D eigenvalue weighted by Crippen LogP contribution is 2.39. The summed E-state index contributed by atoms with van der Waals surface area (Å²) in [6, 6.07) is 6.28. The average Bonchev–Trinajstić information content (AvgIpc) is 3.41. The average molecular weight is 525 g/mol. The molecule has 36 heavy (non-hydrogen) atoms. The van der Waals surface area contributed by atoms with Crippen LogP contribution in [0.3, 0.4) is 0 Å². The summed E-state index contributed by atoms with van der Waals surface area (Å²) >= 11 is 7.44. The fraction of sp³-hybridized carbons (Fsp3) is 0.208. The maximum Gasteiger partial charge on any atom is 0.336 e. The molecule has 182 valence electrons. The number of hydrogen-bond acceptors (Lipinski definition) is 7. The van der Waals surface area contributed by atoms with Crippen molar-refractivity contribution in [3.8, 4) is 27.9 Å². The van der Waals surface area contributed by atoms with E-state index in [9.17, 15) is 19.2 Å². The molecule has 0 amide bonds. The molecule has 0 N–H and O–H groups in total. The molecule has 0 radical (unpaired) electrons. The Labute approximate surface area is 212 Å². The van der Waals surface area contributed by atoms with Crippen molar-refractivity contribution in [3.63, 3.8) is 0 Å². The van der Waals surface area contributed by atoms with Crippen LogP contribution in [0, 0.1) is 24.1 Å². The molecule has 5 aromatic rings. The number of ether oxygens (including phenoxy) is 1. The first kappa shape index (κ1) is 23.7. The lowest BCUT2D eigenvalue weighted by Gasteiger charge is -2.11. The highest BCUT2D eigenvalue weighted by molar-refractivity contribution is 7.22. The predicted octanol–water partition coefficient (Wildman–Crippen LogP) is 4.19. The van der Waals surface area contributed by atoms with E-state index in [1.54, 1.807) is 30.9 Å². The maximum atomic E-state index is 14.1. The lowest BCUT2D eigenvalue weighted by atomic mass is 10.1. The van der Waals surface area contributed by atoms with E-state index in [1.807, 2.05) is 6.07 Å². The van der Waals surface area contributed by atoms with Crippen LogP contribution in [0.15, 0.2) is 40.2 Å². The molecule has 0 fully saturated rings. The van der Waals surface area contributed by atoms with Crippen molar-refractivity contribution < 1.29 is 9.13 Å². The van der Waals surface area contributed by atoms with E-state index in [-0.39, 0.29) is 28.4 Å². The van der Waals surface area contributed by atoms with Gasteiger partial charge in [0.05, 0.1) is 64.8 Å². The van der Waals surface area contributed by atoms with Gasteiger partial charge >= 0.3 is 5.69 Å². The molecule has 4 aromatic heterocycles. The Hall–Kier alpha value is -4.01. The Morgan fingerprint density at radius 3 is 2.72 bits per heavy atom. The van der Waals surface area contributed by atoms with Crippen molar-refractivity contribution in [2.45, 2.75) is 19.9 Å². The van der Waals surface area contributed by atoms with Crippen LogP contribution in [0.4, 0.5) is 4.39 Å². The monoisotopic (exact) mass is 524 g/mol. The summed E-state index contributed by atoms with van der Waals surface area (Å²) in [4.78, 5) is 32.2. The molecule has 0 spiro atoms. The second kappa shape index (κ2) is 8.89. The molecule has 4 heterocycles. The van der Waals surface area contributed by atoms with Crippen molar-refractivity contribution in [1.82, 2.24) is 23.9 Å². The smallest absolute Gasteiger partial charge is 0.336 e. The molecule has 5 rings (SSSR count). The van der Waals surface area contributed by atoms with Crippen LogP contribution in [0.1, 0.15) is 12.1 Å². The minimum atomic E-state index is -0.618. The van der Waals surface area contributed by atoms with E-state index in [0.717, 1.165) is 22.0 Å². The summed E-state index contributed by atoms with van der Waals surface area (Å²) in [7, 11) is 3.10. The highest BCUT2D eigenvalue weighted by atomic mass is 35.5. The number of halogens is 2. The minimum absolute atomic E-state index is 0.00376. The highest BCUT2D eigenvalue weighted by Gasteiger charge is 2.22. The minimum Gasteiger partial charge on any atom is -0.494 e. The zero-order chi connectivity index (χ0) is 25.7. The molecule has 0 saturated carbocycles. The summed E-state index contributed by atoms with van der Waals surface area (Å²) in [5, 5.41) is 14.4.